The molecule has 1 saturated heterocycles. The summed E-state index contributed by atoms with van der Waals surface area (Å²) in [5.74, 6) is -1.01. The quantitative estimate of drug-likeness (QED) is 0.423. The Morgan fingerprint density at radius 2 is 1.90 bits per heavy atom. The van der Waals surface area contributed by atoms with Gasteiger partial charge in [-0.25, -0.2) is 0 Å². The Hall–Kier alpha value is -2.83. The van der Waals surface area contributed by atoms with Crippen molar-refractivity contribution in [3.05, 3.63) is 70.3 Å². The third kappa shape index (κ3) is 4.28. The van der Waals surface area contributed by atoms with Gasteiger partial charge in [-0.15, -0.1) is 0 Å². The van der Waals surface area contributed by atoms with Crippen LogP contribution in [0.15, 0.2) is 54.1 Å². The number of Topliss-reactive ketones (excluding diaryl/α,β-unsaturated/α-hetero) is 1. The van der Waals surface area contributed by atoms with Gasteiger partial charge in [0.05, 0.1) is 24.8 Å². The summed E-state index contributed by atoms with van der Waals surface area (Å²) in [6.07, 6.45) is 0. The molecule has 2 aromatic rings. The monoisotopic (exact) mass is 415 g/mol. The van der Waals surface area contributed by atoms with Crippen molar-refractivity contribution in [3.63, 3.8) is 0 Å². The molecule has 0 aliphatic carbocycles. The van der Waals surface area contributed by atoms with Crippen LogP contribution >= 0.6 is 11.6 Å². The molecule has 1 aliphatic rings. The molecule has 152 valence electrons. The maximum Gasteiger partial charge on any atom is 0.295 e. The van der Waals surface area contributed by atoms with Crippen molar-refractivity contribution in [2.75, 3.05) is 26.9 Å². The maximum absolute atomic E-state index is 12.8. The number of benzene rings is 2. The van der Waals surface area contributed by atoms with Crippen molar-refractivity contribution in [2.24, 2.45) is 0 Å². The lowest BCUT2D eigenvalue weighted by molar-refractivity contribution is -0.140. The Balaban J connectivity index is 2.10. The number of aliphatic hydroxyl groups is 1. The molecule has 1 atom stereocenters. The molecule has 1 N–H and O–H groups in total. The largest absolute Gasteiger partial charge is 0.507 e. The lowest BCUT2D eigenvalue weighted by atomic mass is 9.95. The van der Waals surface area contributed by atoms with Crippen LogP contribution in [0.2, 0.25) is 5.02 Å². The lowest BCUT2D eigenvalue weighted by Gasteiger charge is -2.25. The average Bonchev–Trinajstić information content (AvgIpc) is 2.97. The van der Waals surface area contributed by atoms with Gasteiger partial charge in [-0.2, -0.15) is 0 Å². The van der Waals surface area contributed by atoms with E-state index >= 15 is 0 Å². The van der Waals surface area contributed by atoms with Crippen molar-refractivity contribution in [2.45, 2.75) is 13.0 Å². The second-order valence-electron chi connectivity index (χ2n) is 6.50. The molecular formula is C22H22ClNO5. The minimum Gasteiger partial charge on any atom is -0.507 e. The van der Waals surface area contributed by atoms with Gasteiger partial charge >= 0.3 is 0 Å². The smallest absolute Gasteiger partial charge is 0.295 e. The zero-order valence-electron chi connectivity index (χ0n) is 16.2. The van der Waals surface area contributed by atoms with Crippen molar-refractivity contribution < 1.29 is 24.2 Å². The number of hydrogen-bond donors (Lipinski definition) is 1. The van der Waals surface area contributed by atoms with Crippen LogP contribution in [-0.2, 0) is 14.3 Å². The highest BCUT2D eigenvalue weighted by Crippen LogP contribution is 2.39. The van der Waals surface area contributed by atoms with Crippen LogP contribution < -0.4 is 4.74 Å². The minimum atomic E-state index is -0.754. The van der Waals surface area contributed by atoms with Crippen molar-refractivity contribution in [1.82, 2.24) is 4.90 Å². The molecule has 0 spiro atoms. The summed E-state index contributed by atoms with van der Waals surface area (Å²) in [6, 6.07) is 12.9. The first-order valence-electron chi connectivity index (χ1n) is 9.24. The number of hydrogen-bond acceptors (Lipinski definition) is 5. The third-order valence-electron chi connectivity index (χ3n) is 4.68. The molecule has 0 saturated carbocycles. The molecule has 1 heterocycles. The normalized spacial score (nSPS) is 18.3. The number of halogens is 1. The van der Waals surface area contributed by atoms with Crippen molar-refractivity contribution in [1.29, 1.82) is 0 Å². The Bertz CT molecular complexity index is 938. The van der Waals surface area contributed by atoms with Crippen molar-refractivity contribution >= 4 is 29.1 Å². The van der Waals surface area contributed by atoms with Gasteiger partial charge in [0.2, 0.25) is 0 Å². The van der Waals surface area contributed by atoms with Gasteiger partial charge in [0, 0.05) is 24.2 Å². The topological polar surface area (TPSA) is 76.1 Å². The second kappa shape index (κ2) is 9.11. The number of ether oxygens (including phenoxy) is 2. The highest BCUT2D eigenvalue weighted by atomic mass is 35.5. The number of rotatable bonds is 7. The van der Waals surface area contributed by atoms with Crippen LogP contribution in [0.5, 0.6) is 5.75 Å². The number of carbonyl (C=O) groups excluding carboxylic acids is 2. The molecule has 3 rings (SSSR count). The van der Waals surface area contributed by atoms with E-state index in [1.165, 1.54) is 12.0 Å². The van der Waals surface area contributed by atoms with Crippen LogP contribution in [0.4, 0.5) is 0 Å². The number of methoxy groups -OCH3 is 1. The first-order chi connectivity index (χ1) is 14.0. The molecule has 0 bridgehead atoms. The van der Waals surface area contributed by atoms with E-state index in [-0.39, 0.29) is 24.5 Å². The molecule has 1 fully saturated rings. The fourth-order valence-electron chi connectivity index (χ4n) is 3.35. The third-order valence-corrected chi connectivity index (χ3v) is 4.91. The van der Waals surface area contributed by atoms with Gasteiger partial charge in [-0.05, 0) is 48.9 Å². The summed E-state index contributed by atoms with van der Waals surface area (Å²) in [4.78, 5) is 26.9. The summed E-state index contributed by atoms with van der Waals surface area (Å²) in [5, 5.41) is 11.4. The van der Waals surface area contributed by atoms with Gasteiger partial charge in [-0.1, -0.05) is 23.7 Å². The number of nitrogens with zero attached hydrogens (tertiary/aromatic N) is 1. The summed E-state index contributed by atoms with van der Waals surface area (Å²) >= 11 is 6.13. The van der Waals surface area contributed by atoms with Gasteiger partial charge < -0.3 is 19.5 Å². The highest BCUT2D eigenvalue weighted by Gasteiger charge is 2.45. The van der Waals surface area contributed by atoms with Gasteiger partial charge in [0.25, 0.3) is 11.7 Å². The van der Waals surface area contributed by atoms with E-state index in [2.05, 4.69) is 0 Å². The second-order valence-corrected chi connectivity index (χ2v) is 6.93. The Morgan fingerprint density at radius 3 is 2.52 bits per heavy atom. The van der Waals surface area contributed by atoms with E-state index in [9.17, 15) is 14.7 Å². The van der Waals surface area contributed by atoms with Gasteiger partial charge in [0.1, 0.15) is 11.5 Å². The standard InChI is InChI=1S/C22H22ClNO5/c1-3-29-17-9-7-14(8-10-17)20(25)18-19(15-5-4-6-16(23)13-15)24(11-12-28-2)22(27)21(18)26/h4-10,13,19,25H,3,11-12H2,1-2H3/b20-18-. The van der Waals surface area contributed by atoms with Crippen LogP contribution in [-0.4, -0.2) is 48.6 Å². The molecule has 0 radical (unpaired) electrons. The predicted molar refractivity (Wildman–Crippen MR) is 110 cm³/mol. The zero-order valence-corrected chi connectivity index (χ0v) is 17.0. The summed E-state index contributed by atoms with van der Waals surface area (Å²) in [6.45, 7) is 2.86. The van der Waals surface area contributed by atoms with E-state index in [0.717, 1.165) is 0 Å². The Kier molecular flexibility index (Phi) is 6.56. The van der Waals surface area contributed by atoms with Crippen molar-refractivity contribution in [3.8, 4) is 5.75 Å². The molecule has 1 amide bonds. The number of ketones is 1. The van der Waals surface area contributed by atoms with E-state index in [1.807, 2.05) is 6.92 Å². The lowest BCUT2D eigenvalue weighted by Crippen LogP contribution is -2.32. The average molecular weight is 416 g/mol. The maximum atomic E-state index is 12.8. The molecule has 1 unspecified atom stereocenters. The molecule has 6 nitrogen and oxygen atoms in total. The van der Waals surface area contributed by atoms with E-state index in [1.54, 1.807) is 48.5 Å². The minimum absolute atomic E-state index is 0.0255. The fraction of sp³-hybridized carbons (Fsp3) is 0.273. The molecule has 1 aliphatic heterocycles. The Morgan fingerprint density at radius 1 is 1.17 bits per heavy atom. The Labute approximate surface area is 174 Å². The highest BCUT2D eigenvalue weighted by molar-refractivity contribution is 6.46. The van der Waals surface area contributed by atoms with Crippen LogP contribution in [0.25, 0.3) is 5.76 Å². The van der Waals surface area contributed by atoms with E-state index in [0.29, 0.717) is 28.5 Å². The zero-order chi connectivity index (χ0) is 21.0. The molecule has 7 heteroatoms. The SMILES string of the molecule is CCOc1ccc(/C(O)=C2/C(=O)C(=O)N(CCOC)C2c2cccc(Cl)c2)cc1. The number of amides is 1. The van der Waals surface area contributed by atoms with Crippen LogP contribution in [0.3, 0.4) is 0 Å². The summed E-state index contributed by atoms with van der Waals surface area (Å²) in [7, 11) is 1.52. The predicted octanol–water partition coefficient (Wildman–Crippen LogP) is 3.81. The number of carbonyl (C=O) groups is 2. The molecule has 29 heavy (non-hydrogen) atoms. The summed E-state index contributed by atoms with van der Waals surface area (Å²) < 4.78 is 10.5. The number of likely N-dealkylation sites (tertiary alicyclic amines) is 1. The fourth-order valence-corrected chi connectivity index (χ4v) is 3.55. The first-order valence-corrected chi connectivity index (χ1v) is 9.61. The number of aliphatic hydroxyl groups excluding tert-OH is 1. The first kappa shape index (κ1) is 20.9. The van der Waals surface area contributed by atoms with Gasteiger partial charge in [-0.3, -0.25) is 9.59 Å². The van der Waals surface area contributed by atoms with Crippen LogP contribution in [0, 0.1) is 0 Å². The molecule has 0 aromatic heterocycles. The van der Waals surface area contributed by atoms with E-state index < -0.39 is 17.7 Å². The summed E-state index contributed by atoms with van der Waals surface area (Å²) in [5.41, 5.74) is 1.09. The van der Waals surface area contributed by atoms with Gasteiger partial charge in [0.15, 0.2) is 0 Å². The van der Waals surface area contributed by atoms with E-state index in [4.69, 9.17) is 21.1 Å². The molecular weight excluding hydrogens is 394 g/mol. The van der Waals surface area contributed by atoms with Crippen LogP contribution in [0.1, 0.15) is 24.1 Å². The molecule has 2 aromatic carbocycles.